The van der Waals surface area contributed by atoms with Crippen LogP contribution in [0.3, 0.4) is 0 Å². The van der Waals surface area contributed by atoms with Crippen LogP contribution in [0.1, 0.15) is 31.2 Å². The molecule has 2 amide bonds. The number of aliphatic hydroxyl groups is 1. The van der Waals surface area contributed by atoms with Gasteiger partial charge in [0, 0.05) is 51.7 Å². The molecular formula is C20H32N4O2. The summed E-state index contributed by atoms with van der Waals surface area (Å²) in [6.45, 7) is 5.54. The highest BCUT2D eigenvalue weighted by atomic mass is 16.3. The van der Waals surface area contributed by atoms with E-state index < -0.39 is 0 Å². The molecule has 3 rings (SSSR count). The van der Waals surface area contributed by atoms with Gasteiger partial charge in [-0.05, 0) is 62.1 Å². The van der Waals surface area contributed by atoms with Gasteiger partial charge in [-0.15, -0.1) is 0 Å². The van der Waals surface area contributed by atoms with E-state index in [1.165, 1.54) is 5.56 Å². The second-order valence-corrected chi connectivity index (χ2v) is 7.72. The quantitative estimate of drug-likeness (QED) is 0.811. The molecule has 26 heavy (non-hydrogen) atoms. The van der Waals surface area contributed by atoms with Gasteiger partial charge in [-0.1, -0.05) is 6.07 Å². The Bertz CT molecular complexity index is 546. The molecule has 1 aromatic rings. The predicted octanol–water partition coefficient (Wildman–Crippen LogP) is 1.75. The Morgan fingerprint density at radius 1 is 1.23 bits per heavy atom. The monoisotopic (exact) mass is 360 g/mol. The van der Waals surface area contributed by atoms with Crippen LogP contribution in [0.2, 0.25) is 0 Å². The van der Waals surface area contributed by atoms with Gasteiger partial charge in [-0.25, -0.2) is 4.79 Å². The lowest BCUT2D eigenvalue weighted by atomic mass is 9.91. The third-order valence-electron chi connectivity index (χ3n) is 5.71. The highest BCUT2D eigenvalue weighted by Gasteiger charge is 2.23. The van der Waals surface area contributed by atoms with Gasteiger partial charge in [0.25, 0.3) is 0 Å². The first-order valence-electron chi connectivity index (χ1n) is 9.99. The van der Waals surface area contributed by atoms with Crippen LogP contribution in [-0.4, -0.2) is 71.8 Å². The van der Waals surface area contributed by atoms with E-state index in [0.29, 0.717) is 18.4 Å². The van der Waals surface area contributed by atoms with E-state index >= 15 is 0 Å². The summed E-state index contributed by atoms with van der Waals surface area (Å²) in [5, 5.41) is 12.4. The summed E-state index contributed by atoms with van der Waals surface area (Å²) in [6, 6.07) is 4.19. The Balaban J connectivity index is 1.32. The number of urea groups is 1. The van der Waals surface area contributed by atoms with E-state index in [1.54, 1.807) is 0 Å². The van der Waals surface area contributed by atoms with Gasteiger partial charge in [0.05, 0.1) is 0 Å². The van der Waals surface area contributed by atoms with Gasteiger partial charge in [-0.2, -0.15) is 0 Å². The number of hydrogen-bond donors (Lipinski definition) is 2. The lowest BCUT2D eigenvalue weighted by Gasteiger charge is -2.33. The maximum atomic E-state index is 12.4. The van der Waals surface area contributed by atoms with Crippen molar-refractivity contribution in [2.24, 2.45) is 11.8 Å². The van der Waals surface area contributed by atoms with Crippen molar-refractivity contribution in [2.75, 3.05) is 45.9 Å². The lowest BCUT2D eigenvalue weighted by molar-refractivity contribution is 0.120. The summed E-state index contributed by atoms with van der Waals surface area (Å²) >= 11 is 0. The van der Waals surface area contributed by atoms with Crippen LogP contribution < -0.4 is 5.32 Å². The zero-order valence-corrected chi connectivity index (χ0v) is 15.6. The van der Waals surface area contributed by atoms with Gasteiger partial charge < -0.3 is 20.2 Å². The first-order chi connectivity index (χ1) is 12.7. The molecule has 0 radical (unpaired) electrons. The molecule has 0 aromatic carbocycles. The number of carbonyl (C=O) groups excluding carboxylic acids is 1. The highest BCUT2D eigenvalue weighted by Crippen LogP contribution is 2.21. The van der Waals surface area contributed by atoms with E-state index in [4.69, 9.17) is 0 Å². The minimum absolute atomic E-state index is 0.0699. The van der Waals surface area contributed by atoms with Crippen molar-refractivity contribution in [1.29, 1.82) is 0 Å². The minimum Gasteiger partial charge on any atom is -0.396 e. The summed E-state index contributed by atoms with van der Waals surface area (Å²) in [5.41, 5.74) is 1.29. The Hall–Kier alpha value is -1.66. The average Bonchev–Trinajstić information content (AvgIpc) is 2.69. The summed E-state index contributed by atoms with van der Waals surface area (Å²) in [5.74, 6) is 1.05. The molecule has 6 heteroatoms. The number of likely N-dealkylation sites (tertiary alicyclic amines) is 2. The molecule has 2 fully saturated rings. The molecule has 0 aliphatic carbocycles. The number of rotatable bonds is 6. The van der Waals surface area contributed by atoms with E-state index in [0.717, 1.165) is 64.8 Å². The highest BCUT2D eigenvalue weighted by molar-refractivity contribution is 5.74. The third-order valence-corrected chi connectivity index (χ3v) is 5.71. The molecule has 2 saturated heterocycles. The number of carbonyl (C=O) groups is 1. The SMILES string of the molecule is O=C(NCCN1CCC[C@H](CO)C1)N1CCC(Cc2cccnc2)CC1. The van der Waals surface area contributed by atoms with Crippen LogP contribution in [0, 0.1) is 11.8 Å². The Morgan fingerprint density at radius 2 is 2.08 bits per heavy atom. The topological polar surface area (TPSA) is 68.7 Å². The second-order valence-electron chi connectivity index (χ2n) is 7.72. The number of aliphatic hydroxyl groups excluding tert-OH is 1. The van der Waals surface area contributed by atoms with Crippen molar-refractivity contribution in [3.63, 3.8) is 0 Å². The normalized spacial score (nSPS) is 22.3. The van der Waals surface area contributed by atoms with Crippen LogP contribution in [0.25, 0.3) is 0 Å². The van der Waals surface area contributed by atoms with Gasteiger partial charge in [0.15, 0.2) is 0 Å². The second kappa shape index (κ2) is 9.88. The van der Waals surface area contributed by atoms with E-state index in [9.17, 15) is 9.90 Å². The Labute approximate surface area is 156 Å². The smallest absolute Gasteiger partial charge is 0.317 e. The van der Waals surface area contributed by atoms with E-state index in [2.05, 4.69) is 21.3 Å². The Kier molecular flexibility index (Phi) is 7.26. The molecule has 0 saturated carbocycles. The first-order valence-corrected chi connectivity index (χ1v) is 9.99. The predicted molar refractivity (Wildman–Crippen MR) is 102 cm³/mol. The van der Waals surface area contributed by atoms with Crippen molar-refractivity contribution >= 4 is 6.03 Å². The molecule has 6 nitrogen and oxygen atoms in total. The van der Waals surface area contributed by atoms with Gasteiger partial charge in [0.1, 0.15) is 0 Å². The molecule has 0 unspecified atom stereocenters. The minimum atomic E-state index is 0.0699. The number of hydrogen-bond acceptors (Lipinski definition) is 4. The number of aromatic nitrogens is 1. The number of amides is 2. The largest absolute Gasteiger partial charge is 0.396 e. The third kappa shape index (κ3) is 5.68. The van der Waals surface area contributed by atoms with Crippen LogP contribution in [0.5, 0.6) is 0 Å². The fourth-order valence-corrected chi connectivity index (χ4v) is 4.13. The number of pyridine rings is 1. The van der Waals surface area contributed by atoms with Crippen LogP contribution in [0.4, 0.5) is 4.79 Å². The van der Waals surface area contributed by atoms with Crippen LogP contribution in [0.15, 0.2) is 24.5 Å². The molecule has 2 N–H and O–H groups in total. The fraction of sp³-hybridized carbons (Fsp3) is 0.700. The molecule has 144 valence electrons. The summed E-state index contributed by atoms with van der Waals surface area (Å²) in [6.07, 6.45) is 9.20. The molecular weight excluding hydrogens is 328 g/mol. The summed E-state index contributed by atoms with van der Waals surface area (Å²) in [7, 11) is 0. The van der Waals surface area contributed by atoms with Crippen LogP contribution >= 0.6 is 0 Å². The molecule has 2 aliphatic heterocycles. The summed E-state index contributed by atoms with van der Waals surface area (Å²) in [4.78, 5) is 20.9. The maximum Gasteiger partial charge on any atom is 0.317 e. The van der Waals surface area contributed by atoms with E-state index in [-0.39, 0.29) is 12.6 Å². The van der Waals surface area contributed by atoms with Crippen molar-refractivity contribution in [1.82, 2.24) is 20.1 Å². The van der Waals surface area contributed by atoms with E-state index in [1.807, 2.05) is 23.4 Å². The first kappa shape index (κ1) is 19.1. The molecule has 1 aromatic heterocycles. The van der Waals surface area contributed by atoms with Crippen molar-refractivity contribution < 1.29 is 9.90 Å². The van der Waals surface area contributed by atoms with Gasteiger partial charge in [-0.3, -0.25) is 4.98 Å². The van der Waals surface area contributed by atoms with Gasteiger partial charge in [0.2, 0.25) is 0 Å². The summed E-state index contributed by atoms with van der Waals surface area (Å²) < 4.78 is 0. The van der Waals surface area contributed by atoms with Gasteiger partial charge >= 0.3 is 6.03 Å². The maximum absolute atomic E-state index is 12.4. The molecule has 3 heterocycles. The number of nitrogens with one attached hydrogen (secondary N) is 1. The lowest BCUT2D eigenvalue weighted by Crippen LogP contribution is -2.47. The molecule has 2 aliphatic rings. The van der Waals surface area contributed by atoms with Crippen molar-refractivity contribution in [3.05, 3.63) is 30.1 Å². The zero-order chi connectivity index (χ0) is 18.2. The average molecular weight is 361 g/mol. The van der Waals surface area contributed by atoms with Crippen molar-refractivity contribution in [3.8, 4) is 0 Å². The standard InChI is InChI=1S/C20H32N4O2/c25-16-19-4-2-9-23(15-19)12-8-22-20(26)24-10-5-17(6-11-24)13-18-3-1-7-21-14-18/h1,3,7,14,17,19,25H,2,4-6,8-13,15-16H2,(H,22,26)/t19-/m0/s1. The van der Waals surface area contributed by atoms with Crippen molar-refractivity contribution in [2.45, 2.75) is 32.1 Å². The van der Waals surface area contributed by atoms with Crippen LogP contribution in [-0.2, 0) is 6.42 Å². The fourth-order valence-electron chi connectivity index (χ4n) is 4.13. The zero-order valence-electron chi connectivity index (χ0n) is 15.6. The Morgan fingerprint density at radius 3 is 2.81 bits per heavy atom. The number of piperidine rings is 2. The molecule has 1 atom stereocenters. The molecule has 0 spiro atoms. The number of nitrogens with zero attached hydrogens (tertiary/aromatic N) is 3. The molecule has 0 bridgehead atoms.